The van der Waals surface area contributed by atoms with Crippen LogP contribution in [0.4, 0.5) is 0 Å². The average Bonchev–Trinajstić information content (AvgIpc) is 2.70. The molecule has 0 N–H and O–H groups in total. The Kier molecular flexibility index (Phi) is 6.88. The van der Waals surface area contributed by atoms with Gasteiger partial charge in [-0.25, -0.2) is 0 Å². The lowest BCUT2D eigenvalue weighted by Crippen LogP contribution is -2.06. The Bertz CT molecular complexity index is 597. The van der Waals surface area contributed by atoms with Crippen LogP contribution in [0.25, 0.3) is 0 Å². The lowest BCUT2D eigenvalue weighted by Gasteiger charge is -2.17. The molecule has 0 saturated carbocycles. The molecule has 0 heteroatoms. The normalized spacial score (nSPS) is 10.9. The summed E-state index contributed by atoms with van der Waals surface area (Å²) in [6, 6.07) is 32.7. The molecule has 0 unspecified atom stereocenters. The fraction of sp³-hybridized carbons (Fsp3) is 0.280. The average molecular weight is 328 g/mol. The van der Waals surface area contributed by atoms with Gasteiger partial charge in [0.25, 0.3) is 0 Å². The van der Waals surface area contributed by atoms with Crippen molar-refractivity contribution >= 4 is 0 Å². The van der Waals surface area contributed by atoms with Gasteiger partial charge in [-0.3, -0.25) is 0 Å². The first kappa shape index (κ1) is 17.5. The third-order valence-electron chi connectivity index (χ3n) is 5.05. The van der Waals surface area contributed by atoms with Crippen LogP contribution in [0.5, 0.6) is 0 Å². The van der Waals surface area contributed by atoms with Gasteiger partial charge in [-0.05, 0) is 61.1 Å². The molecule has 0 aliphatic carbocycles. The van der Waals surface area contributed by atoms with Crippen molar-refractivity contribution in [2.24, 2.45) is 5.92 Å². The van der Waals surface area contributed by atoms with E-state index in [1.54, 1.807) is 0 Å². The smallest absolute Gasteiger partial charge is 0.0276 e. The molecule has 0 aromatic heterocycles. The van der Waals surface area contributed by atoms with Crippen LogP contribution in [-0.4, -0.2) is 0 Å². The Hall–Kier alpha value is -2.34. The Morgan fingerprint density at radius 1 is 0.400 bits per heavy atom. The molecule has 3 aromatic rings. The van der Waals surface area contributed by atoms with Crippen molar-refractivity contribution < 1.29 is 0 Å². The monoisotopic (exact) mass is 328 g/mol. The summed E-state index contributed by atoms with van der Waals surface area (Å²) in [5, 5.41) is 0. The molecule has 128 valence electrons. The first-order valence-electron chi connectivity index (χ1n) is 9.52. The Labute approximate surface area is 152 Å². The summed E-state index contributed by atoms with van der Waals surface area (Å²) in [7, 11) is 0. The van der Waals surface area contributed by atoms with Gasteiger partial charge in [0.15, 0.2) is 0 Å². The van der Waals surface area contributed by atoms with E-state index in [1.165, 1.54) is 55.2 Å². The fourth-order valence-electron chi connectivity index (χ4n) is 3.48. The number of benzene rings is 3. The van der Waals surface area contributed by atoms with Gasteiger partial charge in [-0.2, -0.15) is 0 Å². The molecule has 0 nitrogen and oxygen atoms in total. The zero-order valence-corrected chi connectivity index (χ0v) is 15.0. The summed E-state index contributed by atoms with van der Waals surface area (Å²) in [6.45, 7) is 0. The highest BCUT2D eigenvalue weighted by Crippen LogP contribution is 2.22. The largest absolute Gasteiger partial charge is 0.0622 e. The van der Waals surface area contributed by atoms with Gasteiger partial charge >= 0.3 is 0 Å². The quantitative estimate of drug-likeness (QED) is 0.420. The van der Waals surface area contributed by atoms with Crippen molar-refractivity contribution in [2.75, 3.05) is 0 Å². The van der Waals surface area contributed by atoms with E-state index in [9.17, 15) is 0 Å². The van der Waals surface area contributed by atoms with E-state index >= 15 is 0 Å². The van der Waals surface area contributed by atoms with Gasteiger partial charge < -0.3 is 0 Å². The van der Waals surface area contributed by atoms with Gasteiger partial charge in [0.05, 0.1) is 0 Å². The molecule has 0 heterocycles. The molecule has 0 aliphatic heterocycles. The Morgan fingerprint density at radius 2 is 0.680 bits per heavy atom. The molecule has 0 atom stereocenters. The van der Waals surface area contributed by atoms with Crippen LogP contribution in [0.1, 0.15) is 36.0 Å². The van der Waals surface area contributed by atoms with E-state index in [4.69, 9.17) is 0 Å². The molecule has 0 fully saturated rings. The molecule has 0 aliphatic rings. The van der Waals surface area contributed by atoms with Crippen molar-refractivity contribution in [3.05, 3.63) is 108 Å². The molecule has 0 amide bonds. The summed E-state index contributed by atoms with van der Waals surface area (Å²) in [5.74, 6) is 0.778. The van der Waals surface area contributed by atoms with Crippen molar-refractivity contribution in [3.63, 3.8) is 0 Å². The predicted octanol–water partition coefficient (Wildman–Crippen LogP) is 6.50. The second-order valence-electron chi connectivity index (χ2n) is 6.94. The van der Waals surface area contributed by atoms with Gasteiger partial charge in [-0.1, -0.05) is 91.0 Å². The van der Waals surface area contributed by atoms with Crippen LogP contribution in [0.2, 0.25) is 0 Å². The number of aryl methyl sites for hydroxylation is 3. The van der Waals surface area contributed by atoms with Crippen LogP contribution in [0, 0.1) is 5.92 Å². The molecule has 0 radical (unpaired) electrons. The summed E-state index contributed by atoms with van der Waals surface area (Å²) in [5.41, 5.74) is 4.39. The van der Waals surface area contributed by atoms with Crippen LogP contribution in [0.15, 0.2) is 91.0 Å². The van der Waals surface area contributed by atoms with E-state index < -0.39 is 0 Å². The van der Waals surface area contributed by atoms with E-state index in [1.807, 2.05) is 0 Å². The lowest BCUT2D eigenvalue weighted by atomic mass is 9.88. The Balaban J connectivity index is 1.56. The first-order valence-corrected chi connectivity index (χ1v) is 9.52. The standard InChI is InChI=1S/C25H28/c1-4-10-22(11-5-1)16-19-25(20-17-23-12-6-2-7-13-23)21-18-24-14-8-3-9-15-24/h1-15,25H,16-21H2. The highest BCUT2D eigenvalue weighted by Gasteiger charge is 2.10. The second kappa shape index (κ2) is 9.84. The van der Waals surface area contributed by atoms with Crippen LogP contribution < -0.4 is 0 Å². The molecular formula is C25H28. The van der Waals surface area contributed by atoms with Crippen molar-refractivity contribution in [3.8, 4) is 0 Å². The minimum absolute atomic E-state index is 0.778. The second-order valence-corrected chi connectivity index (χ2v) is 6.94. The maximum atomic E-state index is 2.26. The zero-order chi connectivity index (χ0) is 17.2. The zero-order valence-electron chi connectivity index (χ0n) is 15.0. The third kappa shape index (κ3) is 6.23. The number of rotatable bonds is 9. The van der Waals surface area contributed by atoms with Crippen LogP contribution >= 0.6 is 0 Å². The molecule has 3 aromatic carbocycles. The summed E-state index contributed by atoms with van der Waals surface area (Å²) in [6.07, 6.45) is 7.41. The van der Waals surface area contributed by atoms with Gasteiger partial charge in [0, 0.05) is 0 Å². The van der Waals surface area contributed by atoms with Gasteiger partial charge in [-0.15, -0.1) is 0 Å². The Morgan fingerprint density at radius 3 is 0.960 bits per heavy atom. The highest BCUT2D eigenvalue weighted by molar-refractivity contribution is 5.17. The van der Waals surface area contributed by atoms with Crippen molar-refractivity contribution in [2.45, 2.75) is 38.5 Å². The maximum Gasteiger partial charge on any atom is -0.0276 e. The topological polar surface area (TPSA) is 0 Å². The SMILES string of the molecule is c1ccc(CCC(CCc2ccccc2)CCc2ccccc2)cc1. The summed E-state index contributed by atoms with van der Waals surface area (Å²) >= 11 is 0. The van der Waals surface area contributed by atoms with E-state index in [2.05, 4.69) is 91.0 Å². The first-order chi connectivity index (χ1) is 12.4. The van der Waals surface area contributed by atoms with Crippen molar-refractivity contribution in [1.29, 1.82) is 0 Å². The predicted molar refractivity (Wildman–Crippen MR) is 108 cm³/mol. The molecule has 25 heavy (non-hydrogen) atoms. The van der Waals surface area contributed by atoms with Crippen LogP contribution in [-0.2, 0) is 19.3 Å². The minimum Gasteiger partial charge on any atom is -0.0622 e. The highest BCUT2D eigenvalue weighted by atomic mass is 14.2. The number of hydrogen-bond donors (Lipinski definition) is 0. The molecular weight excluding hydrogens is 300 g/mol. The minimum atomic E-state index is 0.778. The number of hydrogen-bond acceptors (Lipinski definition) is 0. The van der Waals surface area contributed by atoms with Crippen molar-refractivity contribution in [1.82, 2.24) is 0 Å². The maximum absolute atomic E-state index is 2.26. The van der Waals surface area contributed by atoms with E-state index in [-0.39, 0.29) is 0 Å². The molecule has 0 saturated heterocycles. The van der Waals surface area contributed by atoms with Gasteiger partial charge in [0.1, 0.15) is 0 Å². The van der Waals surface area contributed by atoms with E-state index in [0.717, 1.165) is 5.92 Å². The molecule has 0 spiro atoms. The third-order valence-corrected chi connectivity index (χ3v) is 5.05. The molecule has 3 rings (SSSR count). The molecule has 0 bridgehead atoms. The summed E-state index contributed by atoms with van der Waals surface area (Å²) < 4.78 is 0. The van der Waals surface area contributed by atoms with Crippen LogP contribution in [0.3, 0.4) is 0 Å². The summed E-state index contributed by atoms with van der Waals surface area (Å²) in [4.78, 5) is 0. The van der Waals surface area contributed by atoms with E-state index in [0.29, 0.717) is 0 Å². The van der Waals surface area contributed by atoms with Gasteiger partial charge in [0.2, 0.25) is 0 Å². The lowest BCUT2D eigenvalue weighted by molar-refractivity contribution is 0.420. The fourth-order valence-corrected chi connectivity index (χ4v) is 3.48.